The minimum absolute atomic E-state index is 0.00290. The van der Waals surface area contributed by atoms with Crippen molar-refractivity contribution in [2.45, 2.75) is 6.54 Å². The standard InChI is InChI=1S/C18H15IN2O6/c1-25-14-5-3-10(7-12(14)19)8-13-16(22)21(18(24)20-13)9-11-4-6-15(27-11)17(23)26-2/h3-8H,9H2,1-2H3,(H,20,24)/b13-8-. The molecule has 1 aromatic heterocycles. The maximum Gasteiger partial charge on any atom is 0.373 e. The predicted molar refractivity (Wildman–Crippen MR) is 103 cm³/mol. The summed E-state index contributed by atoms with van der Waals surface area (Å²) in [5.74, 6) is -0.0994. The zero-order valence-electron chi connectivity index (χ0n) is 14.4. The molecule has 0 atom stereocenters. The second-order valence-corrected chi connectivity index (χ2v) is 6.69. The fourth-order valence-electron chi connectivity index (χ4n) is 2.48. The Kier molecular flexibility index (Phi) is 5.49. The Bertz CT molecular complexity index is 949. The number of carbonyl (C=O) groups excluding carboxylic acids is 3. The molecule has 1 N–H and O–H groups in total. The van der Waals surface area contributed by atoms with Crippen LogP contribution in [0.1, 0.15) is 21.9 Å². The highest BCUT2D eigenvalue weighted by molar-refractivity contribution is 14.1. The van der Waals surface area contributed by atoms with E-state index in [1.165, 1.54) is 19.2 Å². The van der Waals surface area contributed by atoms with Gasteiger partial charge in [-0.05, 0) is 58.5 Å². The lowest BCUT2D eigenvalue weighted by Gasteiger charge is -2.09. The SMILES string of the molecule is COC(=O)c1ccc(CN2C(=O)N/C(=C\c3ccc(OC)c(I)c3)C2=O)o1. The second-order valence-electron chi connectivity index (χ2n) is 5.53. The summed E-state index contributed by atoms with van der Waals surface area (Å²) in [7, 11) is 2.81. The van der Waals surface area contributed by atoms with Crippen molar-refractivity contribution < 1.29 is 28.3 Å². The van der Waals surface area contributed by atoms with Gasteiger partial charge in [-0.2, -0.15) is 0 Å². The molecule has 8 nitrogen and oxygen atoms in total. The van der Waals surface area contributed by atoms with E-state index < -0.39 is 17.9 Å². The first-order valence-electron chi connectivity index (χ1n) is 7.78. The molecule has 2 heterocycles. The van der Waals surface area contributed by atoms with Crippen molar-refractivity contribution in [1.82, 2.24) is 10.2 Å². The molecule has 0 bridgehead atoms. The van der Waals surface area contributed by atoms with Crippen molar-refractivity contribution in [3.8, 4) is 5.75 Å². The van der Waals surface area contributed by atoms with Crippen LogP contribution in [0.15, 0.2) is 40.4 Å². The zero-order chi connectivity index (χ0) is 19.6. The molecule has 0 radical (unpaired) electrons. The molecule has 3 rings (SSSR count). The number of halogens is 1. The van der Waals surface area contributed by atoms with E-state index in [9.17, 15) is 14.4 Å². The van der Waals surface area contributed by atoms with Crippen LogP contribution in [0.2, 0.25) is 0 Å². The van der Waals surface area contributed by atoms with E-state index in [-0.39, 0.29) is 18.0 Å². The molecule has 0 aliphatic carbocycles. The van der Waals surface area contributed by atoms with E-state index >= 15 is 0 Å². The first kappa shape index (κ1) is 19.0. The number of esters is 1. The van der Waals surface area contributed by atoms with Gasteiger partial charge in [0.15, 0.2) is 0 Å². The minimum atomic E-state index is -0.631. The Balaban J connectivity index is 1.77. The quantitative estimate of drug-likeness (QED) is 0.305. The topological polar surface area (TPSA) is 98.1 Å². The number of rotatable bonds is 5. The lowest BCUT2D eigenvalue weighted by atomic mass is 10.2. The van der Waals surface area contributed by atoms with Crippen LogP contribution in [0.5, 0.6) is 5.75 Å². The van der Waals surface area contributed by atoms with Crippen molar-refractivity contribution in [2.24, 2.45) is 0 Å². The average molecular weight is 482 g/mol. The first-order valence-corrected chi connectivity index (χ1v) is 8.86. The van der Waals surface area contributed by atoms with Gasteiger partial charge in [-0.15, -0.1) is 0 Å². The lowest BCUT2D eigenvalue weighted by Crippen LogP contribution is -2.30. The molecule has 0 saturated carbocycles. The highest BCUT2D eigenvalue weighted by atomic mass is 127. The normalized spacial score (nSPS) is 15.2. The van der Waals surface area contributed by atoms with Gasteiger partial charge in [0.05, 0.1) is 24.3 Å². The summed E-state index contributed by atoms with van der Waals surface area (Å²) in [4.78, 5) is 37.1. The van der Waals surface area contributed by atoms with Crippen molar-refractivity contribution in [3.05, 3.63) is 56.7 Å². The molecular formula is C18H15IN2O6. The average Bonchev–Trinajstić information content (AvgIpc) is 3.22. The van der Waals surface area contributed by atoms with Crippen molar-refractivity contribution in [2.75, 3.05) is 14.2 Å². The number of methoxy groups -OCH3 is 2. The third kappa shape index (κ3) is 3.97. The molecule has 0 unspecified atom stereocenters. The highest BCUT2D eigenvalue weighted by Gasteiger charge is 2.34. The highest BCUT2D eigenvalue weighted by Crippen LogP contribution is 2.24. The molecule has 2 aromatic rings. The van der Waals surface area contributed by atoms with Gasteiger partial charge in [-0.3, -0.25) is 9.69 Å². The maximum absolute atomic E-state index is 12.5. The fourth-order valence-corrected chi connectivity index (χ4v) is 3.24. The summed E-state index contributed by atoms with van der Waals surface area (Å²) in [5.41, 5.74) is 0.900. The van der Waals surface area contributed by atoms with Gasteiger partial charge in [-0.1, -0.05) is 6.07 Å². The van der Waals surface area contributed by atoms with E-state index in [2.05, 4.69) is 32.6 Å². The van der Waals surface area contributed by atoms with Gasteiger partial charge in [0.1, 0.15) is 17.2 Å². The molecule has 3 amide bonds. The summed E-state index contributed by atoms with van der Waals surface area (Å²) in [6.45, 7) is -0.0981. The van der Waals surface area contributed by atoms with Crippen LogP contribution in [0.4, 0.5) is 4.79 Å². The Morgan fingerprint density at radius 2 is 2.04 bits per heavy atom. The summed E-state index contributed by atoms with van der Waals surface area (Å²) < 4.78 is 15.9. The number of ether oxygens (including phenoxy) is 2. The minimum Gasteiger partial charge on any atom is -0.496 e. The number of amides is 3. The van der Waals surface area contributed by atoms with Gasteiger partial charge in [-0.25, -0.2) is 9.59 Å². The third-order valence-electron chi connectivity index (χ3n) is 3.81. The number of furan rings is 1. The van der Waals surface area contributed by atoms with E-state index in [0.717, 1.165) is 19.8 Å². The predicted octanol–water partition coefficient (Wildman–Crippen LogP) is 2.77. The monoisotopic (exact) mass is 482 g/mol. The van der Waals surface area contributed by atoms with Crippen molar-refractivity contribution in [3.63, 3.8) is 0 Å². The number of urea groups is 1. The van der Waals surface area contributed by atoms with Crippen LogP contribution in [0, 0.1) is 3.57 Å². The Labute approximate surface area is 168 Å². The van der Waals surface area contributed by atoms with Crippen molar-refractivity contribution in [1.29, 1.82) is 0 Å². The number of hydrogen-bond acceptors (Lipinski definition) is 6. The van der Waals surface area contributed by atoms with Gasteiger partial charge in [0.2, 0.25) is 5.76 Å². The molecule has 1 saturated heterocycles. The lowest BCUT2D eigenvalue weighted by molar-refractivity contribution is -0.123. The molecule has 9 heteroatoms. The summed E-state index contributed by atoms with van der Waals surface area (Å²) in [6, 6.07) is 7.78. The number of nitrogens with one attached hydrogen (secondary N) is 1. The molecule has 1 aromatic carbocycles. The molecular weight excluding hydrogens is 467 g/mol. The fraction of sp³-hybridized carbons (Fsp3) is 0.167. The largest absolute Gasteiger partial charge is 0.496 e. The Morgan fingerprint density at radius 3 is 2.70 bits per heavy atom. The molecule has 1 aliphatic heterocycles. The van der Waals surface area contributed by atoms with Crippen LogP contribution >= 0.6 is 22.6 Å². The van der Waals surface area contributed by atoms with E-state index in [1.54, 1.807) is 25.3 Å². The molecule has 27 heavy (non-hydrogen) atoms. The van der Waals surface area contributed by atoms with E-state index in [0.29, 0.717) is 5.76 Å². The Hall–Kier alpha value is -2.82. The number of imide groups is 1. The third-order valence-corrected chi connectivity index (χ3v) is 4.65. The van der Waals surface area contributed by atoms with Gasteiger partial charge < -0.3 is 19.2 Å². The van der Waals surface area contributed by atoms with Crippen molar-refractivity contribution >= 4 is 46.6 Å². The van der Waals surface area contributed by atoms with Gasteiger partial charge >= 0.3 is 12.0 Å². The second kappa shape index (κ2) is 7.82. The molecule has 0 spiro atoms. The smallest absolute Gasteiger partial charge is 0.373 e. The van der Waals surface area contributed by atoms with Crippen LogP contribution in [-0.2, 0) is 16.1 Å². The maximum atomic E-state index is 12.5. The summed E-state index contributed by atoms with van der Waals surface area (Å²) >= 11 is 2.12. The van der Waals surface area contributed by atoms with Gasteiger partial charge in [0, 0.05) is 0 Å². The van der Waals surface area contributed by atoms with Crippen LogP contribution in [0.3, 0.4) is 0 Å². The number of benzene rings is 1. The molecule has 1 fully saturated rings. The molecule has 1 aliphatic rings. The Morgan fingerprint density at radius 1 is 1.26 bits per heavy atom. The first-order chi connectivity index (χ1) is 12.9. The summed E-state index contributed by atoms with van der Waals surface area (Å²) in [5, 5.41) is 2.54. The van der Waals surface area contributed by atoms with E-state index in [4.69, 9.17) is 9.15 Å². The molecule has 140 valence electrons. The van der Waals surface area contributed by atoms with E-state index in [1.807, 2.05) is 6.07 Å². The van der Waals surface area contributed by atoms with Gasteiger partial charge in [0.25, 0.3) is 5.91 Å². The zero-order valence-corrected chi connectivity index (χ0v) is 16.6. The summed E-state index contributed by atoms with van der Waals surface area (Å²) in [6.07, 6.45) is 1.59. The van der Waals surface area contributed by atoms with Crippen LogP contribution < -0.4 is 10.1 Å². The number of hydrogen-bond donors (Lipinski definition) is 1. The number of nitrogens with zero attached hydrogens (tertiary/aromatic N) is 1. The van der Waals surface area contributed by atoms with Crippen LogP contribution in [-0.4, -0.2) is 37.0 Å². The van der Waals surface area contributed by atoms with Crippen LogP contribution in [0.25, 0.3) is 6.08 Å². The number of carbonyl (C=O) groups is 3.